The maximum absolute atomic E-state index is 12.0. The van der Waals surface area contributed by atoms with Crippen molar-refractivity contribution in [1.29, 1.82) is 0 Å². The Morgan fingerprint density at radius 1 is 0.556 bits per heavy atom. The Morgan fingerprint density at radius 2 is 0.852 bits per heavy atom. The molecule has 2 rings (SSSR count). The van der Waals surface area contributed by atoms with Crippen LogP contribution in [-0.2, 0) is 4.79 Å². The lowest BCUT2D eigenvalue weighted by Gasteiger charge is -2.24. The number of anilines is 2. The maximum atomic E-state index is 12.0. The highest BCUT2D eigenvalue weighted by atomic mass is 16.5. The van der Waals surface area contributed by atoms with E-state index in [1.807, 2.05) is 0 Å². The smallest absolute Gasteiger partial charge is 0.218 e. The molecule has 2 aromatic carbocycles. The van der Waals surface area contributed by atoms with Crippen LogP contribution >= 0.6 is 0 Å². The fraction of sp³-hybridized carbons (Fsp3) is 0.316. The molecule has 27 heavy (non-hydrogen) atoms. The lowest BCUT2D eigenvalue weighted by Crippen LogP contribution is -2.16. The number of nitrogens with zero attached hydrogens (tertiary/aromatic N) is 1. The SMILES string of the molecule is COc1cc(OC)c(N(C=O)c2cc(OC)c(OC)cc2OC)cc1OC. The van der Waals surface area contributed by atoms with E-state index in [-0.39, 0.29) is 0 Å². The summed E-state index contributed by atoms with van der Waals surface area (Å²) in [6, 6.07) is 6.56. The van der Waals surface area contributed by atoms with Crippen LogP contribution in [0.1, 0.15) is 0 Å². The first-order valence-corrected chi connectivity index (χ1v) is 7.92. The van der Waals surface area contributed by atoms with Gasteiger partial charge in [-0.15, -0.1) is 0 Å². The second-order valence-corrected chi connectivity index (χ2v) is 5.23. The molecule has 0 aliphatic heterocycles. The second-order valence-electron chi connectivity index (χ2n) is 5.23. The normalized spacial score (nSPS) is 10.0. The fourth-order valence-electron chi connectivity index (χ4n) is 2.65. The first-order chi connectivity index (χ1) is 13.1. The van der Waals surface area contributed by atoms with Gasteiger partial charge >= 0.3 is 0 Å². The van der Waals surface area contributed by atoms with Crippen LogP contribution in [0.15, 0.2) is 24.3 Å². The van der Waals surface area contributed by atoms with Gasteiger partial charge in [0.25, 0.3) is 0 Å². The van der Waals surface area contributed by atoms with Gasteiger partial charge in [0.05, 0.1) is 54.0 Å². The highest BCUT2D eigenvalue weighted by Crippen LogP contribution is 2.46. The quantitative estimate of drug-likeness (QED) is 0.622. The summed E-state index contributed by atoms with van der Waals surface area (Å²) in [7, 11) is 9.06. The van der Waals surface area contributed by atoms with Gasteiger partial charge in [0.15, 0.2) is 23.0 Å². The summed E-state index contributed by atoms with van der Waals surface area (Å²) in [4.78, 5) is 13.4. The number of ether oxygens (including phenoxy) is 6. The molecule has 1 amide bonds. The lowest BCUT2D eigenvalue weighted by atomic mass is 10.2. The monoisotopic (exact) mass is 377 g/mol. The molecule has 0 bridgehead atoms. The van der Waals surface area contributed by atoms with Crippen molar-refractivity contribution < 1.29 is 33.2 Å². The van der Waals surface area contributed by atoms with E-state index in [2.05, 4.69) is 0 Å². The van der Waals surface area contributed by atoms with Gasteiger partial charge in [0.1, 0.15) is 11.5 Å². The van der Waals surface area contributed by atoms with Crippen molar-refractivity contribution in [3.8, 4) is 34.5 Å². The van der Waals surface area contributed by atoms with Crippen LogP contribution in [0.2, 0.25) is 0 Å². The molecule has 8 nitrogen and oxygen atoms in total. The van der Waals surface area contributed by atoms with Gasteiger partial charge in [0, 0.05) is 24.3 Å². The summed E-state index contributed by atoms with van der Waals surface area (Å²) in [5.41, 5.74) is 0.881. The lowest BCUT2D eigenvalue weighted by molar-refractivity contribution is -0.106. The molecule has 0 heterocycles. The zero-order valence-electron chi connectivity index (χ0n) is 16.2. The van der Waals surface area contributed by atoms with E-state index in [0.717, 1.165) is 0 Å². The van der Waals surface area contributed by atoms with Crippen molar-refractivity contribution in [1.82, 2.24) is 0 Å². The molecule has 0 aromatic heterocycles. The zero-order valence-corrected chi connectivity index (χ0v) is 16.2. The molecule has 2 aromatic rings. The highest BCUT2D eigenvalue weighted by molar-refractivity contribution is 5.93. The molecule has 0 aliphatic carbocycles. The van der Waals surface area contributed by atoms with Crippen LogP contribution < -0.4 is 33.3 Å². The number of amides is 1. The average Bonchev–Trinajstić information content (AvgIpc) is 2.73. The fourth-order valence-corrected chi connectivity index (χ4v) is 2.65. The Bertz CT molecular complexity index is 744. The Kier molecular flexibility index (Phi) is 6.59. The van der Waals surface area contributed by atoms with Gasteiger partial charge in [-0.2, -0.15) is 0 Å². The number of benzene rings is 2. The van der Waals surface area contributed by atoms with E-state index in [4.69, 9.17) is 28.4 Å². The number of carbonyl (C=O) groups excluding carboxylic acids is 1. The molecule has 0 aliphatic rings. The third kappa shape index (κ3) is 3.79. The van der Waals surface area contributed by atoms with Crippen molar-refractivity contribution in [2.75, 3.05) is 47.6 Å². The number of methoxy groups -OCH3 is 6. The summed E-state index contributed by atoms with van der Waals surface area (Å²) in [5, 5.41) is 0. The predicted octanol–water partition coefficient (Wildman–Crippen LogP) is 3.03. The minimum absolute atomic E-state index is 0.414. The van der Waals surface area contributed by atoms with E-state index in [1.54, 1.807) is 24.3 Å². The van der Waals surface area contributed by atoms with Crippen LogP contribution in [0.4, 0.5) is 11.4 Å². The van der Waals surface area contributed by atoms with Crippen LogP contribution in [0.25, 0.3) is 0 Å². The molecule has 0 fully saturated rings. The van der Waals surface area contributed by atoms with E-state index in [0.29, 0.717) is 52.3 Å². The third-order valence-electron chi connectivity index (χ3n) is 3.99. The zero-order chi connectivity index (χ0) is 20.0. The standard InChI is InChI=1S/C19H23NO7/c1-22-14-9-18(26-5)16(24-3)7-12(14)20(11-21)13-8-17(25-4)19(27-6)10-15(13)23-2/h7-11H,1-6H3. The van der Waals surface area contributed by atoms with Crippen LogP contribution in [0.5, 0.6) is 34.5 Å². The van der Waals surface area contributed by atoms with Crippen molar-refractivity contribution >= 4 is 17.8 Å². The van der Waals surface area contributed by atoms with E-state index in [1.165, 1.54) is 47.6 Å². The molecule has 0 radical (unpaired) electrons. The molecule has 0 unspecified atom stereocenters. The minimum Gasteiger partial charge on any atom is -0.494 e. The maximum Gasteiger partial charge on any atom is 0.218 e. The topological polar surface area (TPSA) is 75.7 Å². The molecule has 0 saturated heterocycles. The third-order valence-corrected chi connectivity index (χ3v) is 3.99. The number of hydrogen-bond acceptors (Lipinski definition) is 7. The summed E-state index contributed by atoms with van der Waals surface area (Å²) < 4.78 is 32.1. The Morgan fingerprint density at radius 3 is 1.11 bits per heavy atom. The highest BCUT2D eigenvalue weighted by Gasteiger charge is 2.23. The second kappa shape index (κ2) is 8.88. The van der Waals surface area contributed by atoms with Crippen molar-refractivity contribution in [3.05, 3.63) is 24.3 Å². The number of hydrogen-bond donors (Lipinski definition) is 0. The van der Waals surface area contributed by atoms with Gasteiger partial charge in [-0.25, -0.2) is 0 Å². The van der Waals surface area contributed by atoms with Crippen LogP contribution in [0, 0.1) is 0 Å². The van der Waals surface area contributed by atoms with E-state index in [9.17, 15) is 4.79 Å². The number of carbonyl (C=O) groups is 1. The Labute approximate surface area is 158 Å². The first kappa shape index (κ1) is 20.0. The average molecular weight is 377 g/mol. The molecule has 0 N–H and O–H groups in total. The van der Waals surface area contributed by atoms with Gasteiger partial charge < -0.3 is 28.4 Å². The van der Waals surface area contributed by atoms with Crippen molar-refractivity contribution in [3.63, 3.8) is 0 Å². The predicted molar refractivity (Wildman–Crippen MR) is 100 cm³/mol. The minimum atomic E-state index is 0.414. The largest absolute Gasteiger partial charge is 0.494 e. The Balaban J connectivity index is 2.71. The van der Waals surface area contributed by atoms with Crippen LogP contribution in [-0.4, -0.2) is 49.1 Å². The van der Waals surface area contributed by atoms with Crippen molar-refractivity contribution in [2.24, 2.45) is 0 Å². The molecule has 0 spiro atoms. The van der Waals surface area contributed by atoms with Gasteiger partial charge in [-0.1, -0.05) is 0 Å². The molecular weight excluding hydrogens is 354 g/mol. The summed E-state index contributed by atoms with van der Waals surface area (Å²) >= 11 is 0. The summed E-state index contributed by atoms with van der Waals surface area (Å²) in [5.74, 6) is 2.67. The number of rotatable bonds is 9. The van der Waals surface area contributed by atoms with Gasteiger partial charge in [-0.3, -0.25) is 9.69 Å². The molecule has 0 saturated carbocycles. The molecule has 8 heteroatoms. The summed E-state index contributed by atoms with van der Waals surface area (Å²) in [6.45, 7) is 0. The van der Waals surface area contributed by atoms with Crippen LogP contribution in [0.3, 0.4) is 0 Å². The summed E-state index contributed by atoms with van der Waals surface area (Å²) in [6.07, 6.45) is 0.646. The Hall–Kier alpha value is -3.29. The van der Waals surface area contributed by atoms with E-state index < -0.39 is 0 Å². The molecular formula is C19H23NO7. The van der Waals surface area contributed by atoms with Gasteiger partial charge in [0.2, 0.25) is 6.41 Å². The molecule has 0 atom stereocenters. The van der Waals surface area contributed by atoms with Crippen molar-refractivity contribution in [2.45, 2.75) is 0 Å². The van der Waals surface area contributed by atoms with E-state index >= 15 is 0 Å². The first-order valence-electron chi connectivity index (χ1n) is 7.92. The van der Waals surface area contributed by atoms with Gasteiger partial charge in [-0.05, 0) is 0 Å². The molecule has 146 valence electrons.